The van der Waals surface area contributed by atoms with E-state index in [0.29, 0.717) is 22.6 Å². The molecule has 1 N–H and O–H groups in total. The van der Waals surface area contributed by atoms with Gasteiger partial charge in [0.2, 0.25) is 0 Å². The Labute approximate surface area is 115 Å². The van der Waals surface area contributed by atoms with Crippen molar-refractivity contribution in [3.63, 3.8) is 0 Å². The van der Waals surface area contributed by atoms with E-state index in [4.69, 9.17) is 0 Å². The topological polar surface area (TPSA) is 81.2 Å². The summed E-state index contributed by atoms with van der Waals surface area (Å²) < 4.78 is 4.62. The summed E-state index contributed by atoms with van der Waals surface area (Å²) >= 11 is 0. The van der Waals surface area contributed by atoms with Gasteiger partial charge in [0, 0.05) is 18.1 Å². The van der Waals surface area contributed by atoms with Crippen LogP contribution < -0.4 is 5.32 Å². The normalized spacial score (nSPS) is 9.90. The molecule has 0 spiro atoms. The minimum Gasteiger partial charge on any atom is -0.465 e. The third kappa shape index (κ3) is 3.17. The number of methoxy groups -OCH3 is 1. The Kier molecular flexibility index (Phi) is 4.05. The van der Waals surface area contributed by atoms with Gasteiger partial charge in [-0.25, -0.2) is 14.8 Å². The number of nitrogens with zero attached hydrogens (tertiary/aromatic N) is 2. The molecular formula is C14H13N3O3. The molecule has 0 bridgehead atoms. The van der Waals surface area contributed by atoms with Crippen LogP contribution in [0.5, 0.6) is 0 Å². The van der Waals surface area contributed by atoms with Crippen LogP contribution in [0.3, 0.4) is 0 Å². The highest BCUT2D eigenvalue weighted by atomic mass is 16.5. The highest BCUT2D eigenvalue weighted by Gasteiger charge is 2.09. The Morgan fingerprint density at radius 1 is 1.15 bits per heavy atom. The van der Waals surface area contributed by atoms with Crippen molar-refractivity contribution in [2.24, 2.45) is 0 Å². The second-order valence-electron chi connectivity index (χ2n) is 4.05. The number of aryl methyl sites for hydroxylation is 1. The number of hydrogen-bond acceptors (Lipinski definition) is 5. The van der Waals surface area contributed by atoms with Crippen molar-refractivity contribution < 1.29 is 14.3 Å². The van der Waals surface area contributed by atoms with E-state index in [0.717, 1.165) is 0 Å². The number of benzene rings is 1. The molecule has 0 unspecified atom stereocenters. The van der Waals surface area contributed by atoms with Gasteiger partial charge in [0.25, 0.3) is 5.91 Å². The van der Waals surface area contributed by atoms with Gasteiger partial charge in [0.15, 0.2) is 0 Å². The summed E-state index contributed by atoms with van der Waals surface area (Å²) in [4.78, 5) is 31.3. The van der Waals surface area contributed by atoms with E-state index >= 15 is 0 Å². The Bertz CT molecular complexity index is 638. The van der Waals surface area contributed by atoms with Gasteiger partial charge in [-0.05, 0) is 25.1 Å². The fourth-order valence-electron chi connectivity index (χ4n) is 1.55. The standard InChI is InChI=1S/C14H13N3O3/c1-9-15-7-11(8-16-9)13(18)17-12-5-3-4-10(6-12)14(19)20-2/h3-8H,1-2H3,(H,17,18). The number of anilines is 1. The zero-order valence-corrected chi connectivity index (χ0v) is 11.1. The van der Waals surface area contributed by atoms with Crippen LogP contribution in [0.15, 0.2) is 36.7 Å². The molecule has 0 fully saturated rings. The molecule has 6 nitrogen and oxygen atoms in total. The maximum absolute atomic E-state index is 12.0. The van der Waals surface area contributed by atoms with E-state index in [2.05, 4.69) is 20.0 Å². The summed E-state index contributed by atoms with van der Waals surface area (Å²) in [7, 11) is 1.30. The number of hydrogen-bond donors (Lipinski definition) is 1. The maximum atomic E-state index is 12.0. The average molecular weight is 271 g/mol. The van der Waals surface area contributed by atoms with Crippen molar-refractivity contribution in [1.29, 1.82) is 0 Å². The summed E-state index contributed by atoms with van der Waals surface area (Å²) in [6, 6.07) is 6.49. The molecule has 0 radical (unpaired) electrons. The monoisotopic (exact) mass is 271 g/mol. The summed E-state index contributed by atoms with van der Waals surface area (Å²) in [5.74, 6) is -0.207. The molecule has 2 aromatic rings. The Morgan fingerprint density at radius 2 is 1.85 bits per heavy atom. The van der Waals surface area contributed by atoms with Crippen LogP contribution in [0.4, 0.5) is 5.69 Å². The molecule has 1 aromatic carbocycles. The first kappa shape index (κ1) is 13.7. The molecule has 1 aromatic heterocycles. The molecule has 0 aliphatic heterocycles. The Balaban J connectivity index is 2.15. The highest BCUT2D eigenvalue weighted by Crippen LogP contribution is 2.12. The lowest BCUT2D eigenvalue weighted by atomic mass is 10.2. The lowest BCUT2D eigenvalue weighted by molar-refractivity contribution is 0.0600. The van der Waals surface area contributed by atoms with E-state index in [1.165, 1.54) is 19.5 Å². The SMILES string of the molecule is COC(=O)c1cccc(NC(=O)c2cnc(C)nc2)c1. The zero-order valence-electron chi connectivity index (χ0n) is 11.1. The third-order valence-corrected chi connectivity index (χ3v) is 2.58. The number of ether oxygens (including phenoxy) is 1. The Morgan fingerprint density at radius 3 is 2.50 bits per heavy atom. The van der Waals surface area contributed by atoms with Gasteiger partial charge in [0.1, 0.15) is 5.82 Å². The van der Waals surface area contributed by atoms with Gasteiger partial charge in [-0.15, -0.1) is 0 Å². The minimum absolute atomic E-state index is 0.341. The molecule has 0 aliphatic carbocycles. The van der Waals surface area contributed by atoms with Gasteiger partial charge >= 0.3 is 5.97 Å². The van der Waals surface area contributed by atoms with Gasteiger partial charge in [-0.2, -0.15) is 0 Å². The molecule has 0 saturated heterocycles. The van der Waals surface area contributed by atoms with Gasteiger partial charge in [-0.3, -0.25) is 4.79 Å². The Hall–Kier alpha value is -2.76. The molecule has 6 heteroatoms. The van der Waals surface area contributed by atoms with Crippen LogP contribution in [0, 0.1) is 6.92 Å². The number of esters is 1. The van der Waals surface area contributed by atoms with Crippen LogP contribution in [0.1, 0.15) is 26.5 Å². The zero-order chi connectivity index (χ0) is 14.5. The molecule has 1 amide bonds. The predicted octanol–water partition coefficient (Wildman–Crippen LogP) is 1.82. The van der Waals surface area contributed by atoms with Crippen molar-refractivity contribution >= 4 is 17.6 Å². The number of carbonyl (C=O) groups is 2. The number of amides is 1. The van der Waals surface area contributed by atoms with E-state index in [1.807, 2.05) is 0 Å². The number of aromatic nitrogens is 2. The molecule has 2 rings (SSSR count). The van der Waals surface area contributed by atoms with Crippen molar-refractivity contribution in [2.45, 2.75) is 6.92 Å². The molecule has 20 heavy (non-hydrogen) atoms. The minimum atomic E-state index is -0.459. The maximum Gasteiger partial charge on any atom is 0.337 e. The fraction of sp³-hybridized carbons (Fsp3) is 0.143. The first-order valence-electron chi connectivity index (χ1n) is 5.88. The van der Waals surface area contributed by atoms with Crippen LogP contribution in [-0.4, -0.2) is 29.0 Å². The highest BCUT2D eigenvalue weighted by molar-refractivity contribution is 6.04. The van der Waals surface area contributed by atoms with Crippen LogP contribution in [-0.2, 0) is 4.74 Å². The van der Waals surface area contributed by atoms with E-state index < -0.39 is 5.97 Å². The predicted molar refractivity (Wildman–Crippen MR) is 72.5 cm³/mol. The number of carbonyl (C=O) groups excluding carboxylic acids is 2. The summed E-state index contributed by atoms with van der Waals surface area (Å²) in [5.41, 5.74) is 1.21. The second kappa shape index (κ2) is 5.92. The lowest BCUT2D eigenvalue weighted by Gasteiger charge is -2.06. The lowest BCUT2D eigenvalue weighted by Crippen LogP contribution is -2.13. The molecular weight excluding hydrogens is 258 g/mol. The van der Waals surface area contributed by atoms with Crippen molar-refractivity contribution in [2.75, 3.05) is 12.4 Å². The third-order valence-electron chi connectivity index (χ3n) is 2.58. The summed E-state index contributed by atoms with van der Waals surface area (Å²) in [6.45, 7) is 1.74. The van der Waals surface area contributed by atoms with E-state index in [-0.39, 0.29) is 5.91 Å². The van der Waals surface area contributed by atoms with Gasteiger partial charge < -0.3 is 10.1 Å². The number of rotatable bonds is 3. The average Bonchev–Trinajstić information content (AvgIpc) is 2.47. The molecule has 0 saturated carbocycles. The quantitative estimate of drug-likeness (QED) is 0.861. The second-order valence-corrected chi connectivity index (χ2v) is 4.05. The van der Waals surface area contributed by atoms with Gasteiger partial charge in [-0.1, -0.05) is 6.07 Å². The van der Waals surface area contributed by atoms with Crippen LogP contribution in [0.25, 0.3) is 0 Å². The van der Waals surface area contributed by atoms with Crippen molar-refractivity contribution in [3.8, 4) is 0 Å². The van der Waals surface area contributed by atoms with E-state index in [9.17, 15) is 9.59 Å². The first-order valence-corrected chi connectivity index (χ1v) is 5.88. The first-order chi connectivity index (χ1) is 9.60. The largest absolute Gasteiger partial charge is 0.465 e. The van der Waals surface area contributed by atoms with E-state index in [1.54, 1.807) is 31.2 Å². The van der Waals surface area contributed by atoms with Crippen LogP contribution in [0.2, 0.25) is 0 Å². The number of nitrogens with one attached hydrogen (secondary N) is 1. The van der Waals surface area contributed by atoms with Crippen LogP contribution >= 0.6 is 0 Å². The molecule has 0 aliphatic rings. The molecule has 1 heterocycles. The molecule has 0 atom stereocenters. The van der Waals surface area contributed by atoms with Gasteiger partial charge in [0.05, 0.1) is 18.2 Å². The van der Waals surface area contributed by atoms with Crippen molar-refractivity contribution in [1.82, 2.24) is 9.97 Å². The van der Waals surface area contributed by atoms with Crippen molar-refractivity contribution in [3.05, 3.63) is 53.6 Å². The summed E-state index contributed by atoms with van der Waals surface area (Å²) in [6.07, 6.45) is 2.89. The summed E-state index contributed by atoms with van der Waals surface area (Å²) in [5, 5.41) is 2.67. The fourth-order valence-corrected chi connectivity index (χ4v) is 1.55. The molecule has 102 valence electrons. The smallest absolute Gasteiger partial charge is 0.337 e.